The summed E-state index contributed by atoms with van der Waals surface area (Å²) in [6.45, 7) is 2.23. The van der Waals surface area contributed by atoms with Gasteiger partial charge in [0.05, 0.1) is 0 Å². The molecule has 0 saturated carbocycles. The van der Waals surface area contributed by atoms with E-state index in [0.29, 0.717) is 21.4 Å². The maximum atomic E-state index is 12.1. The van der Waals surface area contributed by atoms with Crippen molar-refractivity contribution in [2.75, 3.05) is 18.6 Å². The topological polar surface area (TPSA) is 89.9 Å². The number of carboxylic acids is 1. The molecule has 2 atom stereocenters. The van der Waals surface area contributed by atoms with E-state index in [0.717, 1.165) is 11.1 Å². The van der Waals surface area contributed by atoms with E-state index in [-0.39, 0.29) is 18.9 Å². The summed E-state index contributed by atoms with van der Waals surface area (Å²) >= 11 is 8.16. The number of hydrogen-bond acceptors (Lipinski definition) is 6. The lowest BCUT2D eigenvalue weighted by atomic mass is 10.1. The van der Waals surface area contributed by atoms with Gasteiger partial charge in [0.1, 0.15) is 10.4 Å². The first-order chi connectivity index (χ1) is 13.3. The molecular formula is C19H24N2O4S3. The van der Waals surface area contributed by atoms with Gasteiger partial charge in [-0.15, -0.1) is 0 Å². The number of carbonyl (C=O) groups excluding carboxylic acids is 1. The molecule has 1 aliphatic rings. The molecular weight excluding hydrogens is 416 g/mol. The predicted molar refractivity (Wildman–Crippen MR) is 119 cm³/mol. The molecule has 1 saturated heterocycles. The fourth-order valence-electron chi connectivity index (χ4n) is 2.59. The Morgan fingerprint density at radius 1 is 1.39 bits per heavy atom. The van der Waals surface area contributed by atoms with Gasteiger partial charge in [-0.1, -0.05) is 53.8 Å². The molecule has 1 aromatic carbocycles. The van der Waals surface area contributed by atoms with Crippen LogP contribution in [0.1, 0.15) is 24.0 Å². The molecule has 0 spiro atoms. The number of aliphatic hydroxyl groups excluding tert-OH is 1. The molecule has 0 radical (unpaired) electrons. The molecule has 6 nitrogen and oxygen atoms in total. The Labute approximate surface area is 178 Å². The Balaban J connectivity index is 1.93. The highest BCUT2D eigenvalue weighted by molar-refractivity contribution is 8.25. The van der Waals surface area contributed by atoms with Crippen LogP contribution >= 0.6 is 35.7 Å². The highest BCUT2D eigenvalue weighted by Gasteiger charge is 2.32. The number of nitrogens with one attached hydrogen (secondary N) is 1. The standard InChI is InChI=1S/C19H24N2O4S3/c1-12-3-5-13(6-4-12)11-15-17(23)21(19(26)28-15)9-7-16(22)20-14(18(24)25)8-10-27-2/h3-6,11,14,17,23H,7-10H2,1-2H3,(H,20,22)(H,24,25)/b15-11+. The van der Waals surface area contributed by atoms with E-state index < -0.39 is 18.2 Å². The number of nitrogens with zero attached hydrogens (tertiary/aromatic N) is 1. The quantitative estimate of drug-likeness (QED) is 0.505. The van der Waals surface area contributed by atoms with Gasteiger partial charge in [0.2, 0.25) is 5.91 Å². The number of thioether (sulfide) groups is 2. The largest absolute Gasteiger partial charge is 0.480 e. The van der Waals surface area contributed by atoms with Crippen molar-refractivity contribution in [1.82, 2.24) is 10.2 Å². The van der Waals surface area contributed by atoms with E-state index in [1.54, 1.807) is 4.90 Å². The first-order valence-corrected chi connectivity index (χ1v) is 11.4. The number of benzene rings is 1. The van der Waals surface area contributed by atoms with Gasteiger partial charge in [-0.05, 0) is 37.0 Å². The fourth-order valence-corrected chi connectivity index (χ4v) is 4.48. The molecule has 1 fully saturated rings. The van der Waals surface area contributed by atoms with Crippen molar-refractivity contribution in [2.45, 2.75) is 32.0 Å². The molecule has 1 amide bonds. The number of aliphatic hydroxyl groups is 1. The number of amides is 1. The Bertz CT molecular complexity index is 752. The van der Waals surface area contributed by atoms with E-state index in [4.69, 9.17) is 12.2 Å². The van der Waals surface area contributed by atoms with Crippen LogP contribution in [0, 0.1) is 6.92 Å². The summed E-state index contributed by atoms with van der Waals surface area (Å²) in [5, 5.41) is 22.3. The average molecular weight is 441 g/mol. The van der Waals surface area contributed by atoms with Gasteiger partial charge in [0.25, 0.3) is 0 Å². The van der Waals surface area contributed by atoms with Crippen molar-refractivity contribution in [3.05, 3.63) is 40.3 Å². The zero-order valence-corrected chi connectivity index (χ0v) is 18.2. The van der Waals surface area contributed by atoms with Gasteiger partial charge in [-0.3, -0.25) is 4.79 Å². The Morgan fingerprint density at radius 3 is 2.68 bits per heavy atom. The Kier molecular flexibility index (Phi) is 8.81. The Morgan fingerprint density at radius 2 is 2.07 bits per heavy atom. The van der Waals surface area contributed by atoms with Crippen LogP contribution in [0.2, 0.25) is 0 Å². The molecule has 28 heavy (non-hydrogen) atoms. The molecule has 0 bridgehead atoms. The van der Waals surface area contributed by atoms with E-state index >= 15 is 0 Å². The lowest BCUT2D eigenvalue weighted by Gasteiger charge is -2.21. The molecule has 1 aromatic rings. The van der Waals surface area contributed by atoms with E-state index in [1.807, 2.05) is 43.5 Å². The van der Waals surface area contributed by atoms with E-state index in [9.17, 15) is 19.8 Å². The lowest BCUT2D eigenvalue weighted by molar-refractivity contribution is -0.141. The summed E-state index contributed by atoms with van der Waals surface area (Å²) < 4.78 is 0.496. The van der Waals surface area contributed by atoms with E-state index in [1.165, 1.54) is 23.5 Å². The molecule has 2 rings (SSSR count). The minimum absolute atomic E-state index is 0.0542. The molecule has 0 aliphatic carbocycles. The van der Waals surface area contributed by atoms with Crippen molar-refractivity contribution >= 4 is 58.0 Å². The summed E-state index contributed by atoms with van der Waals surface area (Å²) in [6.07, 6.45) is 3.28. The Hall–Kier alpha value is -1.55. The summed E-state index contributed by atoms with van der Waals surface area (Å²) in [6, 6.07) is 7.02. The fraction of sp³-hybridized carbons (Fsp3) is 0.421. The zero-order chi connectivity index (χ0) is 20.7. The van der Waals surface area contributed by atoms with Crippen LogP contribution in [0.3, 0.4) is 0 Å². The number of hydrogen-bond donors (Lipinski definition) is 3. The number of aliphatic carboxylic acids is 1. The smallest absolute Gasteiger partial charge is 0.326 e. The summed E-state index contributed by atoms with van der Waals surface area (Å²) in [7, 11) is 0. The van der Waals surface area contributed by atoms with Gasteiger partial charge in [0, 0.05) is 17.9 Å². The van der Waals surface area contributed by atoms with Crippen LogP contribution < -0.4 is 5.32 Å². The van der Waals surface area contributed by atoms with Crippen molar-refractivity contribution in [3.8, 4) is 0 Å². The summed E-state index contributed by atoms with van der Waals surface area (Å²) in [5.74, 6) is -0.766. The molecule has 0 aromatic heterocycles. The number of aryl methyl sites for hydroxylation is 1. The van der Waals surface area contributed by atoms with Gasteiger partial charge in [0.15, 0.2) is 6.23 Å². The average Bonchev–Trinajstić information content (AvgIpc) is 2.91. The van der Waals surface area contributed by atoms with Crippen LogP contribution in [-0.2, 0) is 9.59 Å². The van der Waals surface area contributed by atoms with Crippen molar-refractivity contribution < 1.29 is 19.8 Å². The lowest BCUT2D eigenvalue weighted by Crippen LogP contribution is -2.43. The maximum absolute atomic E-state index is 12.1. The third-order valence-corrected chi connectivity index (χ3v) is 6.30. The summed E-state index contributed by atoms with van der Waals surface area (Å²) in [4.78, 5) is 25.7. The second-order valence-corrected chi connectivity index (χ2v) is 9.08. The molecule has 1 heterocycles. The third kappa shape index (κ3) is 6.51. The maximum Gasteiger partial charge on any atom is 0.326 e. The minimum atomic E-state index is -1.04. The normalized spacial score (nSPS) is 19.1. The SMILES string of the molecule is CSCCC(NC(=O)CCN1C(=S)S/C(=C/c2ccc(C)cc2)C1O)C(=O)O. The van der Waals surface area contributed by atoms with Gasteiger partial charge in [-0.2, -0.15) is 11.8 Å². The van der Waals surface area contributed by atoms with Crippen LogP contribution in [0.4, 0.5) is 0 Å². The minimum Gasteiger partial charge on any atom is -0.480 e. The van der Waals surface area contributed by atoms with Crippen LogP contribution in [0.15, 0.2) is 29.2 Å². The van der Waals surface area contributed by atoms with Crippen molar-refractivity contribution in [3.63, 3.8) is 0 Å². The first kappa shape index (κ1) is 22.7. The second kappa shape index (κ2) is 10.8. The second-order valence-electron chi connectivity index (χ2n) is 6.38. The zero-order valence-electron chi connectivity index (χ0n) is 15.8. The molecule has 2 unspecified atom stereocenters. The van der Waals surface area contributed by atoms with Gasteiger partial charge < -0.3 is 20.4 Å². The predicted octanol–water partition coefficient (Wildman–Crippen LogP) is 2.70. The molecule has 1 aliphatic heterocycles. The van der Waals surface area contributed by atoms with Crippen LogP contribution in [-0.4, -0.2) is 62.1 Å². The van der Waals surface area contributed by atoms with Gasteiger partial charge in [-0.25, -0.2) is 4.79 Å². The molecule has 9 heteroatoms. The number of thiocarbonyl (C=S) groups is 1. The van der Waals surface area contributed by atoms with Crippen molar-refractivity contribution in [2.24, 2.45) is 0 Å². The summed E-state index contributed by atoms with van der Waals surface area (Å²) in [5.41, 5.74) is 2.12. The number of rotatable bonds is 9. The van der Waals surface area contributed by atoms with Crippen molar-refractivity contribution in [1.29, 1.82) is 0 Å². The molecule has 152 valence electrons. The highest BCUT2D eigenvalue weighted by atomic mass is 32.2. The third-order valence-electron chi connectivity index (χ3n) is 4.20. The van der Waals surface area contributed by atoms with Crippen LogP contribution in [0.5, 0.6) is 0 Å². The monoisotopic (exact) mass is 440 g/mol. The van der Waals surface area contributed by atoms with E-state index in [2.05, 4.69) is 5.32 Å². The number of carboxylic acid groups (broad SMARTS) is 1. The highest BCUT2D eigenvalue weighted by Crippen LogP contribution is 2.35. The first-order valence-electron chi connectivity index (χ1n) is 8.77. The number of carbonyl (C=O) groups is 2. The van der Waals surface area contributed by atoms with Gasteiger partial charge >= 0.3 is 5.97 Å². The molecule has 3 N–H and O–H groups in total. The van der Waals surface area contributed by atoms with Crippen LogP contribution in [0.25, 0.3) is 6.08 Å².